The van der Waals surface area contributed by atoms with Gasteiger partial charge in [-0.05, 0) is 23.6 Å². The van der Waals surface area contributed by atoms with Crippen molar-refractivity contribution in [3.63, 3.8) is 0 Å². The normalized spacial score (nSPS) is 23.6. The summed E-state index contributed by atoms with van der Waals surface area (Å²) < 4.78 is 11.3. The number of amides is 2. The summed E-state index contributed by atoms with van der Waals surface area (Å²) in [7, 11) is 0. The van der Waals surface area contributed by atoms with E-state index in [4.69, 9.17) is 9.47 Å². The lowest BCUT2D eigenvalue weighted by Gasteiger charge is -2.36. The molecule has 7 nitrogen and oxygen atoms in total. The van der Waals surface area contributed by atoms with Gasteiger partial charge in [0.2, 0.25) is 5.91 Å². The third-order valence-electron chi connectivity index (χ3n) is 6.90. The second kappa shape index (κ2) is 10.0. The number of likely N-dealkylation sites (tertiary alicyclic amines) is 1. The summed E-state index contributed by atoms with van der Waals surface area (Å²) in [5, 5.41) is 0. The molecule has 0 aromatic heterocycles. The molecule has 0 N–H and O–H groups in total. The summed E-state index contributed by atoms with van der Waals surface area (Å²) >= 11 is 0. The van der Waals surface area contributed by atoms with Gasteiger partial charge in [0.15, 0.2) is 0 Å². The molecule has 0 spiro atoms. The zero-order valence-corrected chi connectivity index (χ0v) is 18.9. The third-order valence-corrected chi connectivity index (χ3v) is 6.90. The van der Waals surface area contributed by atoms with Crippen LogP contribution in [-0.4, -0.2) is 91.2 Å². The lowest BCUT2D eigenvalue weighted by molar-refractivity contribution is -0.152. The number of hydrogen-bond donors (Lipinski definition) is 0. The van der Waals surface area contributed by atoms with E-state index < -0.39 is 0 Å². The molecule has 3 heterocycles. The van der Waals surface area contributed by atoms with Crippen molar-refractivity contribution in [1.29, 1.82) is 0 Å². The average Bonchev–Trinajstić information content (AvgIpc) is 3.29. The summed E-state index contributed by atoms with van der Waals surface area (Å²) in [4.78, 5) is 32.3. The number of morpholine rings is 2. The Balaban J connectivity index is 1.27. The van der Waals surface area contributed by atoms with Crippen LogP contribution in [-0.2, 0) is 27.2 Å². The molecule has 7 heteroatoms. The molecule has 33 heavy (non-hydrogen) atoms. The zero-order chi connectivity index (χ0) is 22.6. The number of carbonyl (C=O) groups is 2. The van der Waals surface area contributed by atoms with Crippen molar-refractivity contribution in [3.05, 3.63) is 71.3 Å². The van der Waals surface area contributed by atoms with E-state index in [1.807, 2.05) is 52.3 Å². The van der Waals surface area contributed by atoms with Crippen molar-refractivity contribution in [2.75, 3.05) is 52.5 Å². The van der Waals surface area contributed by atoms with Gasteiger partial charge >= 0.3 is 0 Å². The number of benzene rings is 2. The van der Waals surface area contributed by atoms with Gasteiger partial charge in [-0.2, -0.15) is 0 Å². The molecule has 2 atom stereocenters. The molecule has 0 unspecified atom stereocenters. The molecule has 3 aliphatic rings. The van der Waals surface area contributed by atoms with Crippen LogP contribution in [0.15, 0.2) is 54.6 Å². The molecular weight excluding hydrogens is 418 g/mol. The first-order chi connectivity index (χ1) is 16.2. The molecular formula is C26H31N3O4. The fourth-order valence-electron chi connectivity index (χ4n) is 5.05. The smallest absolute Gasteiger partial charge is 0.254 e. The standard InChI is InChI=1S/C26H31N3O4/c30-25-19-33-24-18-28(17-23(24)29(25)11-10-20-6-2-1-3-7-20)26(31)22-9-5-4-8-21(22)16-27-12-14-32-15-13-27/h1-9,23-24H,10-19H2/t23-,24-/m0/s1. The molecule has 0 radical (unpaired) electrons. The van der Waals surface area contributed by atoms with Crippen LogP contribution in [0.4, 0.5) is 0 Å². The molecule has 5 rings (SSSR count). The van der Waals surface area contributed by atoms with Crippen LogP contribution in [0.5, 0.6) is 0 Å². The van der Waals surface area contributed by atoms with Gasteiger partial charge in [-0.1, -0.05) is 48.5 Å². The van der Waals surface area contributed by atoms with Crippen LogP contribution in [0.1, 0.15) is 21.5 Å². The second-order valence-electron chi connectivity index (χ2n) is 9.00. The summed E-state index contributed by atoms with van der Waals surface area (Å²) in [6, 6.07) is 18.0. The Bertz CT molecular complexity index is 977. The minimum atomic E-state index is -0.131. The molecule has 174 valence electrons. The molecule has 2 amide bonds. The largest absolute Gasteiger partial charge is 0.379 e. The van der Waals surface area contributed by atoms with E-state index in [-0.39, 0.29) is 30.6 Å². The lowest BCUT2D eigenvalue weighted by atomic mass is 10.1. The quantitative estimate of drug-likeness (QED) is 0.673. The molecule has 2 aromatic rings. The summed E-state index contributed by atoms with van der Waals surface area (Å²) in [5.41, 5.74) is 2.98. The monoisotopic (exact) mass is 449 g/mol. The van der Waals surface area contributed by atoms with E-state index in [2.05, 4.69) is 17.0 Å². The van der Waals surface area contributed by atoms with Crippen LogP contribution in [0.25, 0.3) is 0 Å². The number of rotatable bonds is 6. The minimum Gasteiger partial charge on any atom is -0.379 e. The lowest BCUT2D eigenvalue weighted by Crippen LogP contribution is -2.54. The highest BCUT2D eigenvalue weighted by atomic mass is 16.5. The molecule has 2 aromatic carbocycles. The Morgan fingerprint density at radius 1 is 0.970 bits per heavy atom. The summed E-state index contributed by atoms with van der Waals surface area (Å²) in [5.74, 6) is 0.0292. The van der Waals surface area contributed by atoms with Gasteiger partial charge in [0.1, 0.15) is 6.61 Å². The van der Waals surface area contributed by atoms with E-state index in [9.17, 15) is 9.59 Å². The van der Waals surface area contributed by atoms with Gasteiger partial charge in [0.25, 0.3) is 5.91 Å². The van der Waals surface area contributed by atoms with Crippen molar-refractivity contribution in [1.82, 2.24) is 14.7 Å². The van der Waals surface area contributed by atoms with Gasteiger partial charge in [-0.25, -0.2) is 0 Å². The Morgan fingerprint density at radius 2 is 1.73 bits per heavy atom. The van der Waals surface area contributed by atoms with Crippen LogP contribution in [0, 0.1) is 0 Å². The average molecular weight is 450 g/mol. The number of nitrogens with zero attached hydrogens (tertiary/aromatic N) is 3. The SMILES string of the molecule is O=C(c1ccccc1CN1CCOCC1)N1C[C@@H]2OCC(=O)N(CCc3ccccc3)[C@H]2C1. The Labute approximate surface area is 194 Å². The predicted octanol–water partition coefficient (Wildman–Crippen LogP) is 1.81. The van der Waals surface area contributed by atoms with Gasteiger partial charge in [0.05, 0.1) is 25.4 Å². The molecule has 3 saturated heterocycles. The van der Waals surface area contributed by atoms with E-state index in [0.29, 0.717) is 19.6 Å². The zero-order valence-electron chi connectivity index (χ0n) is 18.9. The van der Waals surface area contributed by atoms with E-state index >= 15 is 0 Å². The Morgan fingerprint density at radius 3 is 2.55 bits per heavy atom. The molecule has 3 fully saturated rings. The van der Waals surface area contributed by atoms with Crippen molar-refractivity contribution >= 4 is 11.8 Å². The van der Waals surface area contributed by atoms with Crippen LogP contribution in [0.3, 0.4) is 0 Å². The van der Waals surface area contributed by atoms with Crippen LogP contribution in [0.2, 0.25) is 0 Å². The first-order valence-corrected chi connectivity index (χ1v) is 11.8. The van der Waals surface area contributed by atoms with E-state index in [0.717, 1.165) is 50.4 Å². The molecule has 0 bridgehead atoms. The molecule has 0 saturated carbocycles. The topological polar surface area (TPSA) is 62.3 Å². The van der Waals surface area contributed by atoms with Crippen LogP contribution < -0.4 is 0 Å². The third kappa shape index (κ3) is 4.95. The predicted molar refractivity (Wildman–Crippen MR) is 124 cm³/mol. The van der Waals surface area contributed by atoms with Crippen molar-refractivity contribution in [2.45, 2.75) is 25.1 Å². The number of fused-ring (bicyclic) bond motifs is 1. The minimum absolute atomic E-state index is 0.00852. The van der Waals surface area contributed by atoms with Crippen molar-refractivity contribution in [2.24, 2.45) is 0 Å². The first kappa shape index (κ1) is 22.1. The fraction of sp³-hybridized carbons (Fsp3) is 0.462. The van der Waals surface area contributed by atoms with E-state index in [1.165, 1.54) is 5.56 Å². The highest BCUT2D eigenvalue weighted by molar-refractivity contribution is 5.96. The summed E-state index contributed by atoms with van der Waals surface area (Å²) in [6.07, 6.45) is 0.667. The highest BCUT2D eigenvalue weighted by Gasteiger charge is 2.44. The van der Waals surface area contributed by atoms with Gasteiger partial charge in [-0.3, -0.25) is 14.5 Å². The number of carbonyl (C=O) groups excluding carboxylic acids is 2. The summed E-state index contributed by atoms with van der Waals surface area (Å²) in [6.45, 7) is 5.72. The first-order valence-electron chi connectivity index (χ1n) is 11.8. The van der Waals surface area contributed by atoms with E-state index in [1.54, 1.807) is 0 Å². The van der Waals surface area contributed by atoms with Crippen LogP contribution >= 0.6 is 0 Å². The Kier molecular flexibility index (Phi) is 6.71. The highest BCUT2D eigenvalue weighted by Crippen LogP contribution is 2.26. The molecule has 3 aliphatic heterocycles. The Hall–Kier alpha value is -2.74. The van der Waals surface area contributed by atoms with Gasteiger partial charge < -0.3 is 19.3 Å². The fourth-order valence-corrected chi connectivity index (χ4v) is 5.05. The number of ether oxygens (including phenoxy) is 2. The maximum Gasteiger partial charge on any atom is 0.254 e. The number of hydrogen-bond acceptors (Lipinski definition) is 5. The maximum absolute atomic E-state index is 13.5. The molecule has 0 aliphatic carbocycles. The van der Waals surface area contributed by atoms with Gasteiger partial charge in [0, 0.05) is 44.8 Å². The van der Waals surface area contributed by atoms with Crippen molar-refractivity contribution < 1.29 is 19.1 Å². The second-order valence-corrected chi connectivity index (χ2v) is 9.00. The van der Waals surface area contributed by atoms with Crippen molar-refractivity contribution in [3.8, 4) is 0 Å². The van der Waals surface area contributed by atoms with Gasteiger partial charge in [-0.15, -0.1) is 0 Å². The maximum atomic E-state index is 13.5.